The van der Waals surface area contributed by atoms with Gasteiger partial charge in [-0.3, -0.25) is 5.26 Å². The molecule has 1 aliphatic carbocycles. The van der Waals surface area contributed by atoms with Crippen LogP contribution in [0, 0.1) is 35.0 Å². The molecule has 9 atom stereocenters. The molecule has 3 rings (SSSR count). The molecule has 3 fully saturated rings. The van der Waals surface area contributed by atoms with E-state index in [9.17, 15) is 10.4 Å². The molecule has 1 saturated carbocycles. The van der Waals surface area contributed by atoms with Crippen LogP contribution < -0.4 is 0 Å². The van der Waals surface area contributed by atoms with Gasteiger partial charge < -0.3 is 14.6 Å². The molecule has 146 valence electrons. The number of aliphatic hydroxyl groups excluding tert-OH is 1. The molecular weight excluding hydrogens is 334 g/mol. The highest BCUT2D eigenvalue weighted by Crippen LogP contribution is 2.56. The van der Waals surface area contributed by atoms with Gasteiger partial charge in [-0.2, -0.15) is 5.26 Å². The summed E-state index contributed by atoms with van der Waals surface area (Å²) >= 11 is 0. The third-order valence-corrected chi connectivity index (χ3v) is 7.07. The van der Waals surface area contributed by atoms with Crippen LogP contribution >= 0.6 is 0 Å². The van der Waals surface area contributed by atoms with E-state index in [1.54, 1.807) is 0 Å². The Balaban J connectivity index is 1.93. The molecule has 0 amide bonds. The van der Waals surface area contributed by atoms with E-state index in [4.69, 9.17) is 19.6 Å². The van der Waals surface area contributed by atoms with Crippen molar-refractivity contribution < 1.29 is 24.7 Å². The van der Waals surface area contributed by atoms with E-state index in [1.165, 1.54) is 0 Å². The number of aliphatic hydroxyl groups is 1. The molecule has 26 heavy (non-hydrogen) atoms. The van der Waals surface area contributed by atoms with Crippen molar-refractivity contribution in [2.24, 2.45) is 23.7 Å². The largest absolute Gasteiger partial charge is 0.388 e. The minimum Gasteiger partial charge on any atom is -0.388 e. The van der Waals surface area contributed by atoms with Crippen LogP contribution in [0.2, 0.25) is 0 Å². The van der Waals surface area contributed by atoms with E-state index in [2.05, 4.69) is 20.4 Å². The van der Waals surface area contributed by atoms with Crippen LogP contribution in [0.1, 0.15) is 52.9 Å². The van der Waals surface area contributed by atoms with E-state index in [-0.39, 0.29) is 35.5 Å². The summed E-state index contributed by atoms with van der Waals surface area (Å²) in [5.41, 5.74) is -0.725. The topological polar surface area (TPSA) is 91.9 Å². The van der Waals surface area contributed by atoms with Crippen LogP contribution in [0.5, 0.6) is 0 Å². The van der Waals surface area contributed by atoms with Crippen LogP contribution in [-0.4, -0.2) is 40.6 Å². The van der Waals surface area contributed by atoms with Crippen LogP contribution in [-0.2, 0) is 14.4 Å². The molecule has 3 aliphatic rings. The summed E-state index contributed by atoms with van der Waals surface area (Å²) in [4.78, 5) is 5.26. The summed E-state index contributed by atoms with van der Waals surface area (Å²) in [5.74, 6) is 0.728. The molecule has 2 heterocycles. The maximum atomic E-state index is 10.3. The van der Waals surface area contributed by atoms with Gasteiger partial charge in [-0.25, -0.2) is 4.89 Å². The van der Waals surface area contributed by atoms with E-state index < -0.39 is 18.0 Å². The van der Waals surface area contributed by atoms with Gasteiger partial charge in [0.05, 0.1) is 30.0 Å². The number of ether oxygens (including phenoxy) is 2. The zero-order chi connectivity index (χ0) is 19.1. The van der Waals surface area contributed by atoms with Crippen molar-refractivity contribution in [3.05, 3.63) is 12.2 Å². The van der Waals surface area contributed by atoms with Crippen molar-refractivity contribution in [3.63, 3.8) is 0 Å². The molecule has 2 N–H and O–H groups in total. The molecule has 0 aromatic rings. The van der Waals surface area contributed by atoms with Gasteiger partial charge in [-0.05, 0) is 50.4 Å². The highest BCUT2D eigenvalue weighted by atomic mass is 17.1. The lowest BCUT2D eigenvalue weighted by molar-refractivity contribution is -0.445. The minimum absolute atomic E-state index is 0.0125. The Kier molecular flexibility index (Phi) is 5.76. The number of hydrogen-bond acceptors (Lipinski definition) is 6. The van der Waals surface area contributed by atoms with Gasteiger partial charge in [0.1, 0.15) is 0 Å². The van der Waals surface area contributed by atoms with Gasteiger partial charge >= 0.3 is 0 Å². The molecule has 2 aliphatic heterocycles. The second-order valence-corrected chi connectivity index (χ2v) is 8.49. The first-order valence-electron chi connectivity index (χ1n) is 9.75. The highest BCUT2D eigenvalue weighted by molar-refractivity contribution is 5.21. The van der Waals surface area contributed by atoms with Crippen molar-refractivity contribution in [1.82, 2.24) is 0 Å². The van der Waals surface area contributed by atoms with Crippen molar-refractivity contribution in [3.8, 4) is 6.07 Å². The summed E-state index contributed by atoms with van der Waals surface area (Å²) in [6.45, 7) is 9.92. The summed E-state index contributed by atoms with van der Waals surface area (Å²) in [6, 6.07) is 1.91. The third-order valence-electron chi connectivity index (χ3n) is 7.07. The van der Waals surface area contributed by atoms with Gasteiger partial charge in [0.2, 0.25) is 0 Å². The molecule has 0 spiro atoms. The first-order chi connectivity index (χ1) is 12.3. The molecule has 9 unspecified atom stereocenters. The molecule has 6 heteroatoms. The highest BCUT2D eigenvalue weighted by Gasteiger charge is 2.64. The Hall–Kier alpha value is -0.970. The van der Waals surface area contributed by atoms with Gasteiger partial charge in [0, 0.05) is 12.3 Å². The fraction of sp³-hybridized carbons (Fsp3) is 0.850. The third kappa shape index (κ3) is 3.10. The molecule has 6 nitrogen and oxygen atoms in total. The first-order valence-corrected chi connectivity index (χ1v) is 9.75. The lowest BCUT2D eigenvalue weighted by Gasteiger charge is -2.58. The SMILES string of the molecule is C=C(C#N)C(O)CC1OC2OC(C)CCC3C(C)CCC(C1C)C23OO. The van der Waals surface area contributed by atoms with E-state index >= 15 is 0 Å². The van der Waals surface area contributed by atoms with Crippen molar-refractivity contribution >= 4 is 0 Å². The fourth-order valence-electron chi connectivity index (χ4n) is 5.49. The molecule has 0 radical (unpaired) electrons. The first kappa shape index (κ1) is 19.8. The average molecular weight is 365 g/mol. The zero-order valence-electron chi connectivity index (χ0n) is 15.9. The normalized spacial score (nSPS) is 46.5. The lowest BCUT2D eigenvalue weighted by Crippen LogP contribution is -2.67. The average Bonchev–Trinajstić information content (AvgIpc) is 2.77. The summed E-state index contributed by atoms with van der Waals surface area (Å²) in [5, 5.41) is 29.3. The second kappa shape index (κ2) is 7.57. The predicted octanol–water partition coefficient (Wildman–Crippen LogP) is 3.27. The maximum Gasteiger partial charge on any atom is 0.190 e. The summed E-state index contributed by atoms with van der Waals surface area (Å²) in [6.07, 6.45) is 2.24. The van der Waals surface area contributed by atoms with Gasteiger partial charge in [0.15, 0.2) is 11.9 Å². The summed E-state index contributed by atoms with van der Waals surface area (Å²) < 4.78 is 12.4. The lowest BCUT2D eigenvalue weighted by atomic mass is 9.57. The molecular formula is C20H31NO5. The van der Waals surface area contributed by atoms with Crippen molar-refractivity contribution in [2.45, 2.75) is 83.1 Å². The molecule has 2 saturated heterocycles. The predicted molar refractivity (Wildman–Crippen MR) is 94.8 cm³/mol. The Morgan fingerprint density at radius 2 is 1.92 bits per heavy atom. The van der Waals surface area contributed by atoms with Crippen molar-refractivity contribution in [2.75, 3.05) is 0 Å². The number of hydrogen-bond donors (Lipinski definition) is 2. The van der Waals surface area contributed by atoms with Gasteiger partial charge in [0.25, 0.3) is 0 Å². The zero-order valence-corrected chi connectivity index (χ0v) is 15.9. The van der Waals surface area contributed by atoms with Gasteiger partial charge in [-0.15, -0.1) is 0 Å². The van der Waals surface area contributed by atoms with Gasteiger partial charge in [-0.1, -0.05) is 20.4 Å². The van der Waals surface area contributed by atoms with Crippen molar-refractivity contribution in [1.29, 1.82) is 5.26 Å². The molecule has 0 aromatic carbocycles. The monoisotopic (exact) mass is 365 g/mol. The summed E-state index contributed by atoms with van der Waals surface area (Å²) in [7, 11) is 0. The second-order valence-electron chi connectivity index (χ2n) is 8.49. The Morgan fingerprint density at radius 1 is 1.23 bits per heavy atom. The quantitative estimate of drug-likeness (QED) is 0.451. The Bertz CT molecular complexity index is 575. The smallest absolute Gasteiger partial charge is 0.190 e. The van der Waals surface area contributed by atoms with Crippen LogP contribution in [0.15, 0.2) is 12.2 Å². The molecule has 0 aromatic heterocycles. The minimum atomic E-state index is -0.934. The Labute approximate surface area is 155 Å². The molecule has 0 bridgehead atoms. The standard InChI is InChI=1S/C20H31NO5/c1-11-5-7-16-14(4)18(9-17(22)12(2)10-21)25-19-20(16,26-23)15(11)8-6-13(3)24-19/h11,13-19,22-23H,2,5-9H2,1,3-4H3. The number of nitrogens with zero attached hydrogens (tertiary/aromatic N) is 1. The van der Waals surface area contributed by atoms with E-state index in [0.29, 0.717) is 12.3 Å². The van der Waals surface area contributed by atoms with Crippen LogP contribution in [0.25, 0.3) is 0 Å². The van der Waals surface area contributed by atoms with Crippen LogP contribution in [0.4, 0.5) is 0 Å². The van der Waals surface area contributed by atoms with E-state index in [0.717, 1.165) is 25.7 Å². The maximum absolute atomic E-state index is 10.3. The van der Waals surface area contributed by atoms with Crippen LogP contribution in [0.3, 0.4) is 0 Å². The number of rotatable bonds is 4. The van der Waals surface area contributed by atoms with E-state index in [1.807, 2.05) is 13.0 Å². The fourth-order valence-corrected chi connectivity index (χ4v) is 5.49. The number of nitriles is 1. The Morgan fingerprint density at radius 3 is 2.58 bits per heavy atom.